The maximum atomic E-state index is 6.16. The van der Waals surface area contributed by atoms with Crippen LogP contribution in [0.15, 0.2) is 24.3 Å². The summed E-state index contributed by atoms with van der Waals surface area (Å²) in [6.45, 7) is 7.49. The third-order valence-electron chi connectivity index (χ3n) is 2.75. The van der Waals surface area contributed by atoms with E-state index in [-0.39, 0.29) is 5.41 Å². The first-order chi connectivity index (χ1) is 7.94. The third kappa shape index (κ3) is 5.07. The Morgan fingerprint density at radius 2 is 1.94 bits per heavy atom. The molecule has 0 unspecified atom stereocenters. The van der Waals surface area contributed by atoms with Gasteiger partial charge in [-0.3, -0.25) is 0 Å². The van der Waals surface area contributed by atoms with Gasteiger partial charge in [0.1, 0.15) is 0 Å². The highest BCUT2D eigenvalue weighted by Crippen LogP contribution is 2.20. The summed E-state index contributed by atoms with van der Waals surface area (Å²) in [5.41, 5.74) is 1.46. The molecule has 0 spiro atoms. The van der Waals surface area contributed by atoms with Gasteiger partial charge in [-0.25, -0.2) is 0 Å². The van der Waals surface area contributed by atoms with E-state index in [1.807, 2.05) is 25.2 Å². The number of nitrogens with one attached hydrogen (secondary N) is 1. The van der Waals surface area contributed by atoms with Gasteiger partial charge in [0.2, 0.25) is 0 Å². The van der Waals surface area contributed by atoms with E-state index in [1.165, 1.54) is 5.56 Å². The Balaban J connectivity index is 2.55. The summed E-state index contributed by atoms with van der Waals surface area (Å²) in [5.74, 6) is 0. The minimum Gasteiger partial charge on any atom is -0.319 e. The first-order valence-electron chi connectivity index (χ1n) is 6.01. The van der Waals surface area contributed by atoms with Crippen molar-refractivity contribution in [3.05, 3.63) is 34.9 Å². The zero-order valence-electron chi connectivity index (χ0n) is 11.3. The minimum absolute atomic E-state index is 0.269. The van der Waals surface area contributed by atoms with Crippen LogP contribution in [0.2, 0.25) is 5.02 Å². The summed E-state index contributed by atoms with van der Waals surface area (Å²) in [6, 6.07) is 8.04. The van der Waals surface area contributed by atoms with Crippen molar-refractivity contribution in [3.63, 3.8) is 0 Å². The van der Waals surface area contributed by atoms with Crippen LogP contribution < -0.4 is 5.32 Å². The Morgan fingerprint density at radius 1 is 1.29 bits per heavy atom. The fourth-order valence-electron chi connectivity index (χ4n) is 2.24. The van der Waals surface area contributed by atoms with E-state index in [9.17, 15) is 0 Å². The number of rotatable bonds is 6. The topological polar surface area (TPSA) is 15.3 Å². The summed E-state index contributed by atoms with van der Waals surface area (Å²) in [6.07, 6.45) is 0. The fourth-order valence-corrected chi connectivity index (χ4v) is 2.43. The van der Waals surface area contributed by atoms with Gasteiger partial charge in [0.15, 0.2) is 0 Å². The standard InChI is InChI=1S/C14H23ClN2/c1-14(2,10-16-3)11-17(4)9-12-7-5-6-8-13(12)15/h5-8,16H,9-11H2,1-4H3. The van der Waals surface area contributed by atoms with Crippen LogP contribution >= 0.6 is 11.6 Å². The number of hydrogen-bond donors (Lipinski definition) is 1. The molecule has 0 aromatic heterocycles. The lowest BCUT2D eigenvalue weighted by atomic mass is 9.93. The van der Waals surface area contributed by atoms with E-state index in [0.717, 1.165) is 24.7 Å². The van der Waals surface area contributed by atoms with Crippen molar-refractivity contribution in [2.24, 2.45) is 5.41 Å². The Morgan fingerprint density at radius 3 is 2.53 bits per heavy atom. The molecule has 2 nitrogen and oxygen atoms in total. The highest BCUT2D eigenvalue weighted by molar-refractivity contribution is 6.31. The lowest BCUT2D eigenvalue weighted by molar-refractivity contribution is 0.201. The summed E-state index contributed by atoms with van der Waals surface area (Å²) >= 11 is 6.16. The zero-order valence-corrected chi connectivity index (χ0v) is 12.0. The number of benzene rings is 1. The summed E-state index contributed by atoms with van der Waals surface area (Å²) < 4.78 is 0. The monoisotopic (exact) mass is 254 g/mol. The SMILES string of the molecule is CNCC(C)(C)CN(C)Cc1ccccc1Cl. The molecule has 0 aliphatic carbocycles. The van der Waals surface area contributed by atoms with Crippen molar-refractivity contribution < 1.29 is 0 Å². The molecule has 0 bridgehead atoms. The van der Waals surface area contributed by atoms with Crippen molar-refractivity contribution in [2.45, 2.75) is 20.4 Å². The molecule has 0 aliphatic heterocycles. The van der Waals surface area contributed by atoms with Crippen molar-refractivity contribution in [1.29, 1.82) is 0 Å². The second kappa shape index (κ2) is 6.39. The van der Waals surface area contributed by atoms with Gasteiger partial charge in [-0.1, -0.05) is 43.6 Å². The quantitative estimate of drug-likeness (QED) is 0.840. The van der Waals surface area contributed by atoms with Gasteiger partial charge in [-0.05, 0) is 31.1 Å². The molecule has 0 aliphatic rings. The smallest absolute Gasteiger partial charge is 0.0451 e. The minimum atomic E-state index is 0.269. The van der Waals surface area contributed by atoms with Crippen molar-refractivity contribution >= 4 is 11.6 Å². The summed E-state index contributed by atoms with van der Waals surface area (Å²) in [4.78, 5) is 2.32. The average molecular weight is 255 g/mol. The fraction of sp³-hybridized carbons (Fsp3) is 0.571. The second-order valence-corrected chi connectivity index (χ2v) is 5.87. The van der Waals surface area contributed by atoms with Crippen LogP contribution in [0.25, 0.3) is 0 Å². The molecule has 0 saturated carbocycles. The lowest BCUT2D eigenvalue weighted by Crippen LogP contribution is -2.37. The maximum Gasteiger partial charge on any atom is 0.0451 e. The van der Waals surface area contributed by atoms with Gasteiger partial charge >= 0.3 is 0 Å². The second-order valence-electron chi connectivity index (χ2n) is 5.46. The highest BCUT2D eigenvalue weighted by Gasteiger charge is 2.19. The first kappa shape index (κ1) is 14.5. The largest absolute Gasteiger partial charge is 0.319 e. The molecule has 3 heteroatoms. The molecule has 0 fully saturated rings. The molecule has 1 rings (SSSR count). The molecule has 0 saturated heterocycles. The molecular formula is C14H23ClN2. The van der Waals surface area contributed by atoms with E-state index >= 15 is 0 Å². The normalized spacial score (nSPS) is 12.1. The first-order valence-corrected chi connectivity index (χ1v) is 6.39. The van der Waals surface area contributed by atoms with Gasteiger partial charge in [0.25, 0.3) is 0 Å². The Bertz CT molecular complexity index is 350. The van der Waals surface area contributed by atoms with Crippen LogP contribution in [0.4, 0.5) is 0 Å². The van der Waals surface area contributed by atoms with Gasteiger partial charge in [-0.2, -0.15) is 0 Å². The lowest BCUT2D eigenvalue weighted by Gasteiger charge is -2.30. The van der Waals surface area contributed by atoms with Gasteiger partial charge < -0.3 is 10.2 Å². The summed E-state index contributed by atoms with van der Waals surface area (Å²) in [5, 5.41) is 4.09. The van der Waals surface area contributed by atoms with Crippen LogP contribution in [0.3, 0.4) is 0 Å². The Hall–Kier alpha value is -0.570. The van der Waals surface area contributed by atoms with Crippen LogP contribution in [0.5, 0.6) is 0 Å². The predicted molar refractivity (Wildman–Crippen MR) is 75.5 cm³/mol. The maximum absolute atomic E-state index is 6.16. The van der Waals surface area contributed by atoms with E-state index in [1.54, 1.807) is 0 Å². The van der Waals surface area contributed by atoms with E-state index in [2.05, 4.69) is 37.2 Å². The number of nitrogens with zero attached hydrogens (tertiary/aromatic N) is 1. The molecule has 1 N–H and O–H groups in total. The average Bonchev–Trinajstić information content (AvgIpc) is 2.20. The zero-order chi connectivity index (χ0) is 12.9. The van der Waals surface area contributed by atoms with Crippen LogP contribution in [-0.4, -0.2) is 32.1 Å². The van der Waals surface area contributed by atoms with Crippen molar-refractivity contribution in [2.75, 3.05) is 27.2 Å². The van der Waals surface area contributed by atoms with Crippen molar-refractivity contribution in [3.8, 4) is 0 Å². The molecule has 0 amide bonds. The number of hydrogen-bond acceptors (Lipinski definition) is 2. The van der Waals surface area contributed by atoms with Gasteiger partial charge in [0.05, 0.1) is 0 Å². The van der Waals surface area contributed by atoms with E-state index < -0.39 is 0 Å². The van der Waals surface area contributed by atoms with Gasteiger partial charge in [0, 0.05) is 24.7 Å². The Labute approximate surface area is 110 Å². The molecule has 0 heterocycles. The predicted octanol–water partition coefficient (Wildman–Crippen LogP) is 3.02. The van der Waals surface area contributed by atoms with Gasteiger partial charge in [-0.15, -0.1) is 0 Å². The molecule has 96 valence electrons. The van der Waals surface area contributed by atoms with Crippen LogP contribution in [0, 0.1) is 5.41 Å². The molecule has 0 radical (unpaired) electrons. The van der Waals surface area contributed by atoms with Crippen LogP contribution in [-0.2, 0) is 6.54 Å². The molecule has 1 aromatic carbocycles. The molecule has 17 heavy (non-hydrogen) atoms. The molecular weight excluding hydrogens is 232 g/mol. The van der Waals surface area contributed by atoms with Crippen LogP contribution in [0.1, 0.15) is 19.4 Å². The van der Waals surface area contributed by atoms with Crippen molar-refractivity contribution in [1.82, 2.24) is 10.2 Å². The third-order valence-corrected chi connectivity index (χ3v) is 3.12. The van der Waals surface area contributed by atoms with E-state index in [0.29, 0.717) is 0 Å². The number of halogens is 1. The summed E-state index contributed by atoms with van der Waals surface area (Å²) in [7, 11) is 4.14. The molecule has 1 aromatic rings. The van der Waals surface area contributed by atoms with E-state index in [4.69, 9.17) is 11.6 Å². The Kier molecular flexibility index (Phi) is 5.44. The highest BCUT2D eigenvalue weighted by atomic mass is 35.5. The molecule has 0 atom stereocenters.